The molecule has 0 fully saturated rings. The van der Waals surface area contributed by atoms with Crippen molar-refractivity contribution in [1.82, 2.24) is 29.5 Å². The maximum absolute atomic E-state index is 13.0. The summed E-state index contributed by atoms with van der Waals surface area (Å²) in [6, 6.07) is 13.2. The number of anilines is 1. The number of nitrogens with zero attached hydrogens (tertiary/aromatic N) is 6. The smallest absolute Gasteiger partial charge is 0.256 e. The maximum Gasteiger partial charge on any atom is 0.256 e. The Morgan fingerprint density at radius 1 is 1.00 bits per heavy atom. The fourth-order valence-electron chi connectivity index (χ4n) is 3.35. The first kappa shape index (κ1) is 21.4. The number of amides is 1. The minimum absolute atomic E-state index is 0.190. The van der Waals surface area contributed by atoms with Gasteiger partial charge in [-0.1, -0.05) is 32.9 Å². The van der Waals surface area contributed by atoms with Crippen LogP contribution in [0.15, 0.2) is 54.9 Å². The molecule has 3 aromatic heterocycles. The summed E-state index contributed by atoms with van der Waals surface area (Å²) in [5, 5.41) is 12.1. The van der Waals surface area contributed by atoms with Crippen LogP contribution in [0, 0.1) is 13.8 Å². The molecule has 0 aliphatic rings. The van der Waals surface area contributed by atoms with Crippen molar-refractivity contribution in [2.24, 2.45) is 0 Å². The number of carbonyl (C=O) groups is 1. The second kappa shape index (κ2) is 8.37. The van der Waals surface area contributed by atoms with Crippen molar-refractivity contribution in [3.8, 4) is 5.95 Å². The summed E-state index contributed by atoms with van der Waals surface area (Å²) >= 11 is 0. The minimum Gasteiger partial charge on any atom is -0.306 e. The van der Waals surface area contributed by atoms with Crippen LogP contribution in [0.25, 0.3) is 5.95 Å². The van der Waals surface area contributed by atoms with Crippen molar-refractivity contribution < 1.29 is 4.79 Å². The highest BCUT2D eigenvalue weighted by Gasteiger charge is 2.22. The molecular weight excluding hydrogens is 402 g/mol. The van der Waals surface area contributed by atoms with Crippen LogP contribution >= 0.6 is 0 Å². The summed E-state index contributed by atoms with van der Waals surface area (Å²) in [6.45, 7) is 10.9. The average Bonchev–Trinajstić information content (AvgIpc) is 3.32. The van der Waals surface area contributed by atoms with E-state index in [4.69, 9.17) is 0 Å². The van der Waals surface area contributed by atoms with E-state index >= 15 is 0 Å². The molecule has 1 N–H and O–H groups in total. The molecule has 0 spiro atoms. The van der Waals surface area contributed by atoms with Crippen molar-refractivity contribution in [1.29, 1.82) is 0 Å². The van der Waals surface area contributed by atoms with Gasteiger partial charge < -0.3 is 5.32 Å². The number of aromatic nitrogens is 6. The van der Waals surface area contributed by atoms with Crippen LogP contribution in [-0.4, -0.2) is 35.4 Å². The topological polar surface area (TPSA) is 90.5 Å². The van der Waals surface area contributed by atoms with Gasteiger partial charge in [-0.2, -0.15) is 14.9 Å². The van der Waals surface area contributed by atoms with Gasteiger partial charge in [-0.25, -0.2) is 9.97 Å². The van der Waals surface area contributed by atoms with E-state index in [-0.39, 0.29) is 11.3 Å². The molecule has 8 nitrogen and oxygen atoms in total. The molecule has 1 amide bonds. The standard InChI is InChI=1S/C24H27N7O/c1-16-13-17(2)30(28-16)15-18-7-9-19(10-8-18)22(32)27-21-14-20(24(3,4)5)29-31(21)23-25-11-6-12-26-23/h6-14H,15H2,1-5H3,(H,27,32). The van der Waals surface area contributed by atoms with Gasteiger partial charge in [0, 0.05) is 35.1 Å². The molecule has 0 saturated carbocycles. The zero-order chi connectivity index (χ0) is 22.9. The van der Waals surface area contributed by atoms with Gasteiger partial charge in [0.1, 0.15) is 5.82 Å². The zero-order valence-electron chi connectivity index (χ0n) is 19.0. The van der Waals surface area contributed by atoms with Gasteiger partial charge in [0.2, 0.25) is 0 Å². The summed E-state index contributed by atoms with van der Waals surface area (Å²) in [5.74, 6) is 0.705. The van der Waals surface area contributed by atoms with Crippen LogP contribution in [0.2, 0.25) is 0 Å². The molecule has 0 saturated heterocycles. The van der Waals surface area contributed by atoms with Crippen LogP contribution in [0.1, 0.15) is 53.8 Å². The Labute approximate surface area is 187 Å². The van der Waals surface area contributed by atoms with E-state index < -0.39 is 0 Å². The van der Waals surface area contributed by atoms with E-state index in [0.717, 1.165) is 22.6 Å². The third-order valence-corrected chi connectivity index (χ3v) is 5.11. The van der Waals surface area contributed by atoms with Gasteiger partial charge in [0.15, 0.2) is 0 Å². The SMILES string of the molecule is Cc1cc(C)n(Cc2ccc(C(=O)Nc3cc(C(C)(C)C)nn3-c3ncccn3)cc2)n1. The predicted molar refractivity (Wildman–Crippen MR) is 123 cm³/mol. The molecule has 0 unspecified atom stereocenters. The molecule has 164 valence electrons. The normalized spacial score (nSPS) is 11.5. The third-order valence-electron chi connectivity index (χ3n) is 5.11. The summed E-state index contributed by atoms with van der Waals surface area (Å²) in [4.78, 5) is 21.5. The molecule has 0 atom stereocenters. The average molecular weight is 430 g/mol. The lowest BCUT2D eigenvalue weighted by Crippen LogP contribution is -2.16. The zero-order valence-corrected chi connectivity index (χ0v) is 19.0. The van der Waals surface area contributed by atoms with Gasteiger partial charge in [-0.3, -0.25) is 9.48 Å². The highest BCUT2D eigenvalue weighted by Crippen LogP contribution is 2.25. The van der Waals surface area contributed by atoms with Crippen molar-refractivity contribution in [2.45, 2.75) is 46.6 Å². The Bertz CT molecular complexity index is 1230. The van der Waals surface area contributed by atoms with E-state index in [1.54, 1.807) is 23.1 Å². The van der Waals surface area contributed by atoms with Gasteiger partial charge in [-0.05, 0) is 43.7 Å². The second-order valence-electron chi connectivity index (χ2n) is 8.86. The molecule has 0 aliphatic heterocycles. The molecule has 0 radical (unpaired) electrons. The molecule has 0 bridgehead atoms. The van der Waals surface area contributed by atoms with E-state index in [1.807, 2.05) is 54.9 Å². The van der Waals surface area contributed by atoms with Crippen molar-refractivity contribution in [2.75, 3.05) is 5.32 Å². The number of rotatable bonds is 5. The van der Waals surface area contributed by atoms with E-state index in [1.165, 1.54) is 0 Å². The Hall–Kier alpha value is -3.81. The number of carbonyl (C=O) groups excluding carboxylic acids is 1. The lowest BCUT2D eigenvalue weighted by atomic mass is 9.92. The summed E-state index contributed by atoms with van der Waals surface area (Å²) in [7, 11) is 0. The lowest BCUT2D eigenvalue weighted by molar-refractivity contribution is 0.102. The first-order valence-electron chi connectivity index (χ1n) is 10.5. The first-order valence-corrected chi connectivity index (χ1v) is 10.5. The number of hydrogen-bond acceptors (Lipinski definition) is 5. The first-order chi connectivity index (χ1) is 15.2. The van der Waals surface area contributed by atoms with Crippen molar-refractivity contribution in [3.63, 3.8) is 0 Å². The van der Waals surface area contributed by atoms with Crippen LogP contribution < -0.4 is 5.32 Å². The lowest BCUT2D eigenvalue weighted by Gasteiger charge is -2.13. The predicted octanol–water partition coefficient (Wildman–Crippen LogP) is 4.07. The molecular formula is C24H27N7O. The van der Waals surface area contributed by atoms with Gasteiger partial charge in [0.25, 0.3) is 11.9 Å². The summed E-state index contributed by atoms with van der Waals surface area (Å²) in [6.07, 6.45) is 3.29. The van der Waals surface area contributed by atoms with Crippen molar-refractivity contribution in [3.05, 3.63) is 83.1 Å². The van der Waals surface area contributed by atoms with Crippen LogP contribution in [0.3, 0.4) is 0 Å². The molecule has 4 rings (SSSR count). The van der Waals surface area contributed by atoms with E-state index in [9.17, 15) is 4.79 Å². The second-order valence-corrected chi connectivity index (χ2v) is 8.86. The highest BCUT2D eigenvalue weighted by molar-refractivity contribution is 6.04. The van der Waals surface area contributed by atoms with Gasteiger partial charge in [-0.15, -0.1) is 0 Å². The van der Waals surface area contributed by atoms with Crippen LogP contribution in [0.5, 0.6) is 0 Å². The number of benzene rings is 1. The largest absolute Gasteiger partial charge is 0.306 e. The van der Waals surface area contributed by atoms with Crippen molar-refractivity contribution >= 4 is 11.7 Å². The molecule has 8 heteroatoms. The van der Waals surface area contributed by atoms with E-state index in [0.29, 0.717) is 23.9 Å². The molecule has 3 heterocycles. The number of nitrogens with one attached hydrogen (secondary N) is 1. The summed E-state index contributed by atoms with van der Waals surface area (Å²) < 4.78 is 3.52. The van der Waals surface area contributed by atoms with E-state index in [2.05, 4.69) is 46.3 Å². The van der Waals surface area contributed by atoms with Gasteiger partial charge in [0.05, 0.1) is 17.9 Å². The Morgan fingerprint density at radius 3 is 2.28 bits per heavy atom. The minimum atomic E-state index is -0.222. The Kier molecular flexibility index (Phi) is 5.61. The maximum atomic E-state index is 13.0. The molecule has 1 aromatic carbocycles. The molecule has 32 heavy (non-hydrogen) atoms. The van der Waals surface area contributed by atoms with Gasteiger partial charge >= 0.3 is 0 Å². The fraction of sp³-hybridized carbons (Fsp3) is 0.292. The molecule has 0 aliphatic carbocycles. The molecule has 4 aromatic rings. The Morgan fingerprint density at radius 2 is 1.69 bits per heavy atom. The Balaban J connectivity index is 1.56. The number of hydrogen-bond donors (Lipinski definition) is 1. The highest BCUT2D eigenvalue weighted by atomic mass is 16.1. The summed E-state index contributed by atoms with van der Waals surface area (Å²) in [5.41, 5.74) is 4.37. The third kappa shape index (κ3) is 4.59. The van der Waals surface area contributed by atoms with Crippen LogP contribution in [0.4, 0.5) is 5.82 Å². The quantitative estimate of drug-likeness (QED) is 0.516. The fourth-order valence-corrected chi connectivity index (χ4v) is 3.35. The monoisotopic (exact) mass is 429 g/mol. The van der Waals surface area contributed by atoms with Crippen LogP contribution in [-0.2, 0) is 12.0 Å². The number of aryl methyl sites for hydroxylation is 2.